The van der Waals surface area contributed by atoms with E-state index in [1.54, 1.807) is 31.3 Å². The van der Waals surface area contributed by atoms with Crippen molar-refractivity contribution in [3.63, 3.8) is 0 Å². The normalized spacial score (nSPS) is 13.2. The van der Waals surface area contributed by atoms with Gasteiger partial charge in [0.1, 0.15) is 11.6 Å². The van der Waals surface area contributed by atoms with Gasteiger partial charge in [-0.2, -0.15) is 0 Å². The Kier molecular flexibility index (Phi) is 7.91. The topological polar surface area (TPSA) is 146 Å². The molecule has 0 bridgehead atoms. The third-order valence-corrected chi connectivity index (χ3v) is 7.09. The van der Waals surface area contributed by atoms with E-state index in [1.807, 2.05) is 18.2 Å². The third-order valence-electron chi connectivity index (χ3n) is 5.90. The van der Waals surface area contributed by atoms with Crippen LogP contribution in [0.25, 0.3) is 0 Å². The quantitative estimate of drug-likeness (QED) is 0.276. The first-order chi connectivity index (χ1) is 17.7. The van der Waals surface area contributed by atoms with E-state index in [1.165, 1.54) is 17.5 Å². The van der Waals surface area contributed by atoms with Crippen LogP contribution in [-0.4, -0.2) is 49.3 Å². The number of aromatic nitrogens is 2. The molecule has 0 atom stereocenters. The molecule has 4 N–H and O–H groups in total. The molecular formula is C25H30N6O5S. The lowest BCUT2D eigenvalue weighted by Crippen LogP contribution is -2.26. The van der Waals surface area contributed by atoms with E-state index in [4.69, 9.17) is 4.84 Å². The van der Waals surface area contributed by atoms with Crippen LogP contribution in [0.4, 0.5) is 28.7 Å². The van der Waals surface area contributed by atoms with Crippen LogP contribution < -0.4 is 20.4 Å². The number of anilines is 5. The SMILES string of the molecule is CCONC(=O)c1cnc(Nc2ccc(CO)cn2)cc1Nc1ccc(C2CC2)cc1N(C)S(C)(=O)=O. The van der Waals surface area contributed by atoms with Crippen LogP contribution in [0.3, 0.4) is 0 Å². The van der Waals surface area contributed by atoms with Gasteiger partial charge >= 0.3 is 0 Å². The molecule has 11 nitrogen and oxygen atoms in total. The molecule has 1 aliphatic carbocycles. The molecule has 0 saturated heterocycles. The van der Waals surface area contributed by atoms with Crippen molar-refractivity contribution in [3.8, 4) is 0 Å². The Bertz CT molecular complexity index is 1380. The number of aliphatic hydroxyl groups is 1. The van der Waals surface area contributed by atoms with Crippen LogP contribution >= 0.6 is 0 Å². The molecule has 0 aliphatic heterocycles. The molecule has 37 heavy (non-hydrogen) atoms. The predicted molar refractivity (Wildman–Crippen MR) is 142 cm³/mol. The second-order valence-corrected chi connectivity index (χ2v) is 10.7. The molecule has 4 rings (SSSR count). The molecular weight excluding hydrogens is 496 g/mol. The van der Waals surface area contributed by atoms with Crippen molar-refractivity contribution >= 4 is 44.6 Å². The lowest BCUT2D eigenvalue weighted by atomic mass is 10.1. The van der Waals surface area contributed by atoms with Gasteiger partial charge in [-0.05, 0) is 55.0 Å². The van der Waals surface area contributed by atoms with Crippen LogP contribution in [0.2, 0.25) is 0 Å². The number of nitrogens with zero attached hydrogens (tertiary/aromatic N) is 3. The van der Waals surface area contributed by atoms with Gasteiger partial charge < -0.3 is 15.7 Å². The number of pyridine rings is 2. The smallest absolute Gasteiger partial charge is 0.278 e. The third kappa shape index (κ3) is 6.53. The molecule has 2 aromatic heterocycles. The number of benzene rings is 1. The maximum absolute atomic E-state index is 12.8. The van der Waals surface area contributed by atoms with Crippen molar-refractivity contribution in [2.75, 3.05) is 34.8 Å². The Morgan fingerprint density at radius 3 is 2.46 bits per heavy atom. The Balaban J connectivity index is 1.72. The van der Waals surface area contributed by atoms with Crippen molar-refractivity contribution < 1.29 is 23.2 Å². The first-order valence-corrected chi connectivity index (χ1v) is 13.6. The second-order valence-electron chi connectivity index (χ2n) is 8.72. The van der Waals surface area contributed by atoms with E-state index >= 15 is 0 Å². The van der Waals surface area contributed by atoms with Crippen molar-refractivity contribution in [1.29, 1.82) is 0 Å². The average molecular weight is 527 g/mol. The summed E-state index contributed by atoms with van der Waals surface area (Å²) in [7, 11) is -2.05. The maximum atomic E-state index is 12.8. The number of rotatable bonds is 11. The molecule has 0 radical (unpaired) electrons. The van der Waals surface area contributed by atoms with Gasteiger partial charge in [-0.15, -0.1) is 0 Å². The minimum Gasteiger partial charge on any atom is -0.392 e. The van der Waals surface area contributed by atoms with Crippen LogP contribution in [-0.2, 0) is 21.5 Å². The number of hydrogen-bond acceptors (Lipinski definition) is 9. The summed E-state index contributed by atoms with van der Waals surface area (Å²) in [6.45, 7) is 1.91. The van der Waals surface area contributed by atoms with Crippen molar-refractivity contribution in [2.24, 2.45) is 0 Å². The van der Waals surface area contributed by atoms with E-state index in [0.717, 1.165) is 24.7 Å². The van der Waals surface area contributed by atoms with E-state index in [9.17, 15) is 18.3 Å². The summed E-state index contributed by atoms with van der Waals surface area (Å²) in [5, 5.41) is 15.5. The molecule has 2 heterocycles. The zero-order valence-electron chi connectivity index (χ0n) is 20.9. The van der Waals surface area contributed by atoms with Crippen LogP contribution in [0.5, 0.6) is 0 Å². The number of hydrogen-bond donors (Lipinski definition) is 4. The lowest BCUT2D eigenvalue weighted by Gasteiger charge is -2.23. The second kappa shape index (κ2) is 11.1. The number of aliphatic hydroxyl groups excluding tert-OH is 1. The molecule has 1 aliphatic rings. The highest BCUT2D eigenvalue weighted by Gasteiger charge is 2.26. The Morgan fingerprint density at radius 2 is 1.84 bits per heavy atom. The zero-order valence-corrected chi connectivity index (χ0v) is 21.7. The molecule has 1 fully saturated rings. The molecule has 1 amide bonds. The molecule has 0 spiro atoms. The number of nitrogens with one attached hydrogen (secondary N) is 3. The lowest BCUT2D eigenvalue weighted by molar-refractivity contribution is 0.0365. The summed E-state index contributed by atoms with van der Waals surface area (Å²) in [4.78, 5) is 26.5. The van der Waals surface area contributed by atoms with Gasteiger partial charge in [-0.25, -0.2) is 23.9 Å². The number of hydroxylamine groups is 1. The van der Waals surface area contributed by atoms with E-state index in [2.05, 4.69) is 26.1 Å². The molecule has 0 unspecified atom stereocenters. The van der Waals surface area contributed by atoms with Gasteiger partial charge in [-0.1, -0.05) is 12.1 Å². The Morgan fingerprint density at radius 1 is 1.08 bits per heavy atom. The standard InChI is InChI=1S/C25H30N6O5S/c1-4-36-30-25(33)19-14-27-24(29-23-10-5-16(15-32)13-26-23)12-21(19)28-20-9-8-18(17-6-7-17)11-22(20)31(2)37(3,34)35/h5,8-14,17,32H,4,6-7,15H2,1-3H3,(H,30,33)(H2,26,27,28,29). The summed E-state index contributed by atoms with van der Waals surface area (Å²) in [5.41, 5.74) is 5.65. The molecule has 12 heteroatoms. The summed E-state index contributed by atoms with van der Waals surface area (Å²) in [6, 6.07) is 10.7. The zero-order chi connectivity index (χ0) is 26.6. The van der Waals surface area contributed by atoms with Gasteiger partial charge in [0.25, 0.3) is 5.91 Å². The van der Waals surface area contributed by atoms with Crippen LogP contribution in [0, 0.1) is 0 Å². The minimum absolute atomic E-state index is 0.118. The summed E-state index contributed by atoms with van der Waals surface area (Å²) >= 11 is 0. The Labute approximate surface area is 215 Å². The van der Waals surface area contributed by atoms with Gasteiger partial charge in [0.15, 0.2) is 0 Å². The van der Waals surface area contributed by atoms with Gasteiger partial charge in [0.05, 0.1) is 42.1 Å². The summed E-state index contributed by atoms with van der Waals surface area (Å²) in [5.74, 6) is 0.803. The highest BCUT2D eigenvalue weighted by Crippen LogP contribution is 2.43. The highest BCUT2D eigenvalue weighted by atomic mass is 32.2. The fourth-order valence-electron chi connectivity index (χ4n) is 3.63. The van der Waals surface area contributed by atoms with E-state index < -0.39 is 15.9 Å². The molecule has 1 saturated carbocycles. The fourth-order valence-corrected chi connectivity index (χ4v) is 4.14. The van der Waals surface area contributed by atoms with Gasteiger partial charge in [0, 0.05) is 25.5 Å². The van der Waals surface area contributed by atoms with Crippen molar-refractivity contribution in [3.05, 3.63) is 65.5 Å². The largest absolute Gasteiger partial charge is 0.392 e. The fraction of sp³-hybridized carbons (Fsp3) is 0.320. The van der Waals surface area contributed by atoms with Gasteiger partial charge in [-0.3, -0.25) is 13.9 Å². The predicted octanol–water partition coefficient (Wildman–Crippen LogP) is 3.41. The van der Waals surface area contributed by atoms with Crippen molar-refractivity contribution in [2.45, 2.75) is 32.3 Å². The van der Waals surface area contributed by atoms with Crippen LogP contribution in [0.1, 0.15) is 47.2 Å². The van der Waals surface area contributed by atoms with Crippen molar-refractivity contribution in [1.82, 2.24) is 15.4 Å². The average Bonchev–Trinajstić information content (AvgIpc) is 3.73. The summed E-state index contributed by atoms with van der Waals surface area (Å²) in [6.07, 6.45) is 6.22. The first kappa shape index (κ1) is 26.3. The summed E-state index contributed by atoms with van der Waals surface area (Å²) < 4.78 is 26.0. The molecule has 1 aromatic carbocycles. The number of carbonyl (C=O) groups is 1. The maximum Gasteiger partial charge on any atom is 0.278 e. The van der Waals surface area contributed by atoms with E-state index in [-0.39, 0.29) is 18.8 Å². The van der Waals surface area contributed by atoms with Gasteiger partial charge in [0.2, 0.25) is 10.0 Å². The number of carbonyl (C=O) groups excluding carboxylic acids is 1. The number of amides is 1. The highest BCUT2D eigenvalue weighted by molar-refractivity contribution is 7.92. The van der Waals surface area contributed by atoms with E-state index in [0.29, 0.717) is 40.2 Å². The minimum atomic E-state index is -3.54. The Hall–Kier alpha value is -3.74. The van der Waals surface area contributed by atoms with Crippen LogP contribution in [0.15, 0.2) is 48.8 Å². The number of sulfonamides is 1. The molecule has 3 aromatic rings. The monoisotopic (exact) mass is 526 g/mol. The molecule has 196 valence electrons. The first-order valence-electron chi connectivity index (χ1n) is 11.8.